The molecule has 0 saturated carbocycles. The van der Waals surface area contributed by atoms with Gasteiger partial charge in [-0.2, -0.15) is 0 Å². The van der Waals surface area contributed by atoms with Gasteiger partial charge in [-0.05, 0) is 49.4 Å². The summed E-state index contributed by atoms with van der Waals surface area (Å²) < 4.78 is 42.1. The molecule has 0 saturated heterocycles. The van der Waals surface area contributed by atoms with Crippen LogP contribution >= 0.6 is 23.4 Å². The summed E-state index contributed by atoms with van der Waals surface area (Å²) in [5.74, 6) is -0.715. The largest absolute Gasteiger partial charge is 0.573 e. The fourth-order valence-corrected chi connectivity index (χ4v) is 3.33. The molecule has 0 aliphatic rings. The van der Waals surface area contributed by atoms with Crippen LogP contribution in [0.4, 0.5) is 18.9 Å². The van der Waals surface area contributed by atoms with Crippen molar-refractivity contribution in [3.8, 4) is 11.4 Å². The maximum Gasteiger partial charge on any atom is 0.573 e. The number of nitrogens with one attached hydrogen (secondary N) is 1. The molecule has 1 heterocycles. The van der Waals surface area contributed by atoms with Gasteiger partial charge in [0.1, 0.15) is 12.1 Å². The third kappa shape index (κ3) is 5.88. The van der Waals surface area contributed by atoms with Gasteiger partial charge in [0, 0.05) is 10.7 Å². The molecular weight excluding hydrogens is 429 g/mol. The second-order valence-corrected chi connectivity index (χ2v) is 7.53. The van der Waals surface area contributed by atoms with E-state index in [-0.39, 0.29) is 11.7 Å². The Kier molecular flexibility index (Phi) is 6.33. The van der Waals surface area contributed by atoms with Crippen molar-refractivity contribution in [2.45, 2.75) is 23.7 Å². The molecular formula is C18H14ClF3N4O2S. The number of carbonyl (C=O) groups is 1. The summed E-state index contributed by atoms with van der Waals surface area (Å²) in [4.78, 5) is 12.4. The van der Waals surface area contributed by atoms with Gasteiger partial charge in [0.2, 0.25) is 5.91 Å². The minimum Gasteiger partial charge on any atom is -0.406 e. The van der Waals surface area contributed by atoms with Gasteiger partial charge in [0.25, 0.3) is 0 Å². The summed E-state index contributed by atoms with van der Waals surface area (Å²) in [5.41, 5.74) is 1.09. The van der Waals surface area contributed by atoms with Crippen LogP contribution in [0.25, 0.3) is 5.69 Å². The Bertz CT molecular complexity index is 995. The van der Waals surface area contributed by atoms with Gasteiger partial charge < -0.3 is 10.1 Å². The molecule has 0 spiro atoms. The Hall–Kier alpha value is -2.72. The summed E-state index contributed by atoms with van der Waals surface area (Å²) >= 11 is 7.19. The number of thioether (sulfide) groups is 1. The number of amides is 1. The van der Waals surface area contributed by atoms with Crippen LogP contribution < -0.4 is 10.1 Å². The average Bonchev–Trinajstić information content (AvgIpc) is 3.10. The first kappa shape index (κ1) is 21.0. The van der Waals surface area contributed by atoms with Gasteiger partial charge in [-0.3, -0.25) is 9.36 Å². The molecule has 0 aliphatic carbocycles. The fraction of sp³-hybridized carbons (Fsp3) is 0.167. The number of hydrogen-bond donors (Lipinski definition) is 1. The van der Waals surface area contributed by atoms with Crippen molar-refractivity contribution in [1.29, 1.82) is 0 Å². The van der Waals surface area contributed by atoms with Crippen LogP contribution in [0.3, 0.4) is 0 Å². The molecule has 1 N–H and O–H groups in total. The van der Waals surface area contributed by atoms with Crippen LogP contribution in [0, 0.1) is 0 Å². The quantitative estimate of drug-likeness (QED) is 0.548. The van der Waals surface area contributed by atoms with E-state index >= 15 is 0 Å². The normalized spacial score (nSPS) is 12.4. The Morgan fingerprint density at radius 1 is 1.24 bits per heavy atom. The lowest BCUT2D eigenvalue weighted by Crippen LogP contribution is -2.23. The van der Waals surface area contributed by atoms with Gasteiger partial charge in [0.05, 0.1) is 10.9 Å². The van der Waals surface area contributed by atoms with Crippen LogP contribution in [-0.4, -0.2) is 32.3 Å². The van der Waals surface area contributed by atoms with Gasteiger partial charge in [0.15, 0.2) is 5.16 Å². The predicted molar refractivity (Wildman–Crippen MR) is 103 cm³/mol. The van der Waals surface area contributed by atoms with Crippen LogP contribution in [0.15, 0.2) is 60.0 Å². The van der Waals surface area contributed by atoms with Crippen molar-refractivity contribution in [2.75, 3.05) is 5.32 Å². The first-order valence-electron chi connectivity index (χ1n) is 8.20. The Morgan fingerprint density at radius 3 is 2.62 bits per heavy atom. The molecule has 1 aromatic heterocycles. The van der Waals surface area contributed by atoms with Crippen molar-refractivity contribution in [1.82, 2.24) is 14.8 Å². The highest BCUT2D eigenvalue weighted by Crippen LogP contribution is 2.27. The van der Waals surface area contributed by atoms with E-state index in [4.69, 9.17) is 11.6 Å². The first-order chi connectivity index (χ1) is 13.7. The molecule has 11 heteroatoms. The maximum absolute atomic E-state index is 12.4. The van der Waals surface area contributed by atoms with E-state index in [0.29, 0.717) is 15.9 Å². The number of rotatable bonds is 6. The number of aromatic nitrogens is 3. The lowest BCUT2D eigenvalue weighted by Gasteiger charge is -2.13. The minimum absolute atomic E-state index is 0.341. The number of anilines is 1. The van der Waals surface area contributed by atoms with E-state index in [9.17, 15) is 18.0 Å². The predicted octanol–water partition coefficient (Wildman–Crippen LogP) is 4.94. The van der Waals surface area contributed by atoms with Crippen molar-refractivity contribution >= 4 is 35.0 Å². The highest BCUT2D eigenvalue weighted by Gasteiger charge is 2.31. The van der Waals surface area contributed by atoms with E-state index in [2.05, 4.69) is 20.3 Å². The summed E-state index contributed by atoms with van der Waals surface area (Å²) in [6, 6.07) is 12.0. The van der Waals surface area contributed by atoms with Crippen molar-refractivity contribution in [3.63, 3.8) is 0 Å². The van der Waals surface area contributed by atoms with Gasteiger partial charge in [-0.1, -0.05) is 29.4 Å². The zero-order valence-corrected chi connectivity index (χ0v) is 16.4. The molecule has 1 unspecified atom stereocenters. The van der Waals surface area contributed by atoms with E-state index in [1.165, 1.54) is 30.2 Å². The molecule has 0 bridgehead atoms. The lowest BCUT2D eigenvalue weighted by molar-refractivity contribution is -0.274. The Labute approximate surface area is 173 Å². The van der Waals surface area contributed by atoms with Gasteiger partial charge in [-0.25, -0.2) is 0 Å². The zero-order valence-electron chi connectivity index (χ0n) is 14.9. The molecule has 0 fully saturated rings. The van der Waals surface area contributed by atoms with Crippen molar-refractivity contribution in [2.24, 2.45) is 0 Å². The molecule has 1 atom stereocenters. The SMILES string of the molecule is CC(Sc1nncn1-c1cccc(Cl)c1)C(=O)Nc1ccc(OC(F)(F)F)cc1. The van der Waals surface area contributed by atoms with Gasteiger partial charge >= 0.3 is 6.36 Å². The lowest BCUT2D eigenvalue weighted by atomic mass is 10.3. The average molecular weight is 443 g/mol. The number of alkyl halides is 3. The van der Waals surface area contributed by atoms with Crippen LogP contribution in [0.1, 0.15) is 6.92 Å². The number of benzene rings is 2. The molecule has 0 aliphatic heterocycles. The topological polar surface area (TPSA) is 69.0 Å². The number of nitrogens with zero attached hydrogens (tertiary/aromatic N) is 3. The highest BCUT2D eigenvalue weighted by atomic mass is 35.5. The minimum atomic E-state index is -4.77. The van der Waals surface area contributed by atoms with Crippen LogP contribution in [0.5, 0.6) is 5.75 Å². The number of ether oxygens (including phenoxy) is 1. The zero-order chi connectivity index (χ0) is 21.0. The van der Waals surface area contributed by atoms with Crippen LogP contribution in [-0.2, 0) is 4.79 Å². The van der Waals surface area contributed by atoms with Gasteiger partial charge in [-0.15, -0.1) is 23.4 Å². The Morgan fingerprint density at radius 2 is 1.97 bits per heavy atom. The molecule has 1 amide bonds. The van der Waals surface area contributed by atoms with Crippen LogP contribution in [0.2, 0.25) is 5.02 Å². The molecule has 3 rings (SSSR count). The summed E-state index contributed by atoms with van der Waals surface area (Å²) in [6.45, 7) is 1.68. The number of halogens is 4. The van der Waals surface area contributed by atoms with E-state index in [1.807, 2.05) is 6.07 Å². The first-order valence-corrected chi connectivity index (χ1v) is 9.46. The third-order valence-electron chi connectivity index (χ3n) is 3.61. The monoisotopic (exact) mass is 442 g/mol. The highest BCUT2D eigenvalue weighted by molar-refractivity contribution is 8.00. The number of hydrogen-bond acceptors (Lipinski definition) is 5. The summed E-state index contributed by atoms with van der Waals surface area (Å²) in [5, 5.41) is 11.0. The number of carbonyl (C=O) groups excluding carboxylic acids is 1. The summed E-state index contributed by atoms with van der Waals surface area (Å²) in [7, 11) is 0. The molecule has 29 heavy (non-hydrogen) atoms. The third-order valence-corrected chi connectivity index (χ3v) is 4.90. The molecule has 152 valence electrons. The van der Waals surface area contributed by atoms with Crippen molar-refractivity contribution < 1.29 is 22.7 Å². The van der Waals surface area contributed by atoms with E-state index in [0.717, 1.165) is 17.8 Å². The smallest absolute Gasteiger partial charge is 0.406 e. The molecule has 6 nitrogen and oxygen atoms in total. The maximum atomic E-state index is 12.4. The standard InChI is InChI=1S/C18H14ClF3N4O2S/c1-11(16(27)24-13-5-7-15(8-6-13)28-18(20,21)22)29-17-25-23-10-26(17)14-4-2-3-12(19)9-14/h2-11H,1H3,(H,24,27). The molecule has 3 aromatic rings. The fourth-order valence-electron chi connectivity index (χ4n) is 2.30. The van der Waals surface area contributed by atoms with E-state index in [1.54, 1.807) is 29.7 Å². The Balaban J connectivity index is 1.64. The second kappa shape index (κ2) is 8.75. The second-order valence-electron chi connectivity index (χ2n) is 5.78. The summed E-state index contributed by atoms with van der Waals surface area (Å²) in [6.07, 6.45) is -3.26. The molecule has 2 aromatic carbocycles. The van der Waals surface area contributed by atoms with Crippen molar-refractivity contribution in [3.05, 3.63) is 59.9 Å². The van der Waals surface area contributed by atoms with E-state index < -0.39 is 11.6 Å². The molecule has 0 radical (unpaired) electrons.